The number of para-hydroxylation sites is 2. The van der Waals surface area contributed by atoms with Crippen molar-refractivity contribution in [3.8, 4) is 33.9 Å². The minimum Gasteiger partial charge on any atom is -0.306 e. The van der Waals surface area contributed by atoms with Crippen molar-refractivity contribution in [2.45, 2.75) is 39.5 Å². The Hall–Kier alpha value is -6.55. The van der Waals surface area contributed by atoms with Crippen LogP contribution in [0.15, 0.2) is 145 Å². The normalized spacial score (nSPS) is 12.5. The van der Waals surface area contributed by atoms with Gasteiger partial charge < -0.3 is 4.90 Å². The van der Waals surface area contributed by atoms with Gasteiger partial charge in [-0.1, -0.05) is 141 Å². The van der Waals surface area contributed by atoms with Crippen molar-refractivity contribution in [1.82, 2.24) is 15.0 Å². The number of rotatable bonds is 14. The summed E-state index contributed by atoms with van der Waals surface area (Å²) in [5.41, 5.74) is 5.39. The lowest BCUT2D eigenvalue weighted by molar-refractivity contribution is -0.385. The Morgan fingerprint density at radius 3 is 1.77 bits per heavy atom. The zero-order valence-electron chi connectivity index (χ0n) is 29.9. The Kier molecular flexibility index (Phi) is 11.4. The Labute approximate surface area is 308 Å². The highest BCUT2D eigenvalue weighted by atomic mass is 16.6. The first kappa shape index (κ1) is 36.2. The molecule has 266 valence electrons. The topological polar surface area (TPSA) is 128 Å². The fourth-order valence-corrected chi connectivity index (χ4v) is 6.63. The molecule has 0 radical (unpaired) electrons. The fourth-order valence-electron chi connectivity index (χ4n) is 6.63. The second-order valence-electron chi connectivity index (χ2n) is 13.0. The van der Waals surface area contributed by atoms with Crippen molar-refractivity contribution in [2.24, 2.45) is 5.92 Å². The van der Waals surface area contributed by atoms with Crippen LogP contribution in [0, 0.1) is 26.1 Å². The summed E-state index contributed by atoms with van der Waals surface area (Å²) in [6.45, 7) is 6.63. The van der Waals surface area contributed by atoms with Crippen LogP contribution in [-0.2, 0) is 0 Å². The van der Waals surface area contributed by atoms with E-state index in [1.54, 1.807) is 30.3 Å². The van der Waals surface area contributed by atoms with Crippen LogP contribution in [0.5, 0.6) is 0 Å². The molecule has 0 spiro atoms. The van der Waals surface area contributed by atoms with Crippen LogP contribution in [0.1, 0.15) is 45.1 Å². The van der Waals surface area contributed by atoms with E-state index in [4.69, 9.17) is 15.0 Å². The Bertz CT molecular complexity index is 2170. The molecule has 0 aliphatic rings. The summed E-state index contributed by atoms with van der Waals surface area (Å²) in [6.07, 6.45) is 3.97. The first-order chi connectivity index (χ1) is 25.7. The SMILES string of the molecule is CCCC(C)C(/C=C(/C)CN(c1ccc(-c2ccccc2[N+](=O)[O-])cc1)c1nc(-c2ccccc2)nc(-c2ccccc2)n1)c1ccccc1[N+](=O)[O-]. The summed E-state index contributed by atoms with van der Waals surface area (Å²) >= 11 is 0. The minimum atomic E-state index is -0.377. The summed E-state index contributed by atoms with van der Waals surface area (Å²) in [5.74, 6) is 1.35. The molecule has 0 fully saturated rings. The van der Waals surface area contributed by atoms with Crippen LogP contribution >= 0.6 is 0 Å². The number of hydrogen-bond acceptors (Lipinski definition) is 8. The van der Waals surface area contributed by atoms with Gasteiger partial charge in [0.25, 0.3) is 11.4 Å². The maximum atomic E-state index is 12.1. The zero-order chi connectivity index (χ0) is 37.3. The molecule has 2 unspecified atom stereocenters. The van der Waals surface area contributed by atoms with Gasteiger partial charge >= 0.3 is 0 Å². The smallest absolute Gasteiger partial charge is 0.277 e. The Morgan fingerprint density at radius 2 is 1.21 bits per heavy atom. The molecule has 0 N–H and O–H groups in total. The summed E-state index contributed by atoms with van der Waals surface area (Å²) in [6, 6.07) is 40.6. The van der Waals surface area contributed by atoms with Crippen molar-refractivity contribution in [3.05, 3.63) is 171 Å². The van der Waals surface area contributed by atoms with E-state index in [-0.39, 0.29) is 33.1 Å². The zero-order valence-corrected chi connectivity index (χ0v) is 29.9. The molecule has 10 nitrogen and oxygen atoms in total. The summed E-state index contributed by atoms with van der Waals surface area (Å²) in [7, 11) is 0. The molecule has 6 aromatic rings. The lowest BCUT2D eigenvalue weighted by atomic mass is 9.82. The number of nitro benzene ring substituents is 2. The maximum Gasteiger partial charge on any atom is 0.277 e. The van der Waals surface area contributed by atoms with E-state index in [1.165, 1.54) is 6.07 Å². The standard InChI is InChI=1S/C43H40N6O4/c1-4-15-31(3)38(37-21-12-14-23-40(37)49(52)53)28-30(2)29-47(35-26-24-32(25-27-35)36-20-11-13-22-39(36)48(50)51)43-45-41(33-16-7-5-8-17-33)44-42(46-43)34-18-9-6-10-19-34/h5-14,16-28,31,38H,4,15,29H2,1-3H3/b30-28-. The number of anilines is 2. The van der Waals surface area contributed by atoms with E-state index in [0.717, 1.165) is 35.2 Å². The molecular formula is C43H40N6O4. The van der Waals surface area contributed by atoms with Crippen LogP contribution < -0.4 is 4.90 Å². The van der Waals surface area contributed by atoms with Gasteiger partial charge in [0.05, 0.1) is 15.4 Å². The van der Waals surface area contributed by atoms with Crippen molar-refractivity contribution >= 4 is 23.0 Å². The molecule has 0 amide bonds. The molecule has 2 atom stereocenters. The first-order valence-electron chi connectivity index (χ1n) is 17.6. The minimum absolute atomic E-state index is 0.0237. The van der Waals surface area contributed by atoms with Gasteiger partial charge in [-0.3, -0.25) is 20.2 Å². The van der Waals surface area contributed by atoms with E-state index in [9.17, 15) is 20.2 Å². The number of benzene rings is 5. The van der Waals surface area contributed by atoms with E-state index < -0.39 is 0 Å². The van der Waals surface area contributed by atoms with Crippen LogP contribution in [0.4, 0.5) is 23.0 Å². The van der Waals surface area contributed by atoms with Gasteiger partial charge in [-0.15, -0.1) is 0 Å². The lowest BCUT2D eigenvalue weighted by Crippen LogP contribution is -2.23. The highest BCUT2D eigenvalue weighted by Crippen LogP contribution is 2.37. The van der Waals surface area contributed by atoms with E-state index in [1.807, 2.05) is 109 Å². The van der Waals surface area contributed by atoms with Gasteiger partial charge in [0.1, 0.15) is 0 Å². The Morgan fingerprint density at radius 1 is 0.679 bits per heavy atom. The molecule has 10 heteroatoms. The monoisotopic (exact) mass is 704 g/mol. The molecule has 1 heterocycles. The molecular weight excluding hydrogens is 665 g/mol. The Balaban J connectivity index is 1.50. The third-order valence-electron chi connectivity index (χ3n) is 9.24. The molecule has 0 bridgehead atoms. The molecule has 1 aromatic heterocycles. The molecule has 5 aromatic carbocycles. The fraction of sp³-hybridized carbons (Fsp3) is 0.186. The van der Waals surface area contributed by atoms with Gasteiger partial charge in [0.2, 0.25) is 5.95 Å². The highest BCUT2D eigenvalue weighted by molar-refractivity contribution is 5.76. The molecule has 0 aliphatic heterocycles. The van der Waals surface area contributed by atoms with Crippen molar-refractivity contribution in [3.63, 3.8) is 0 Å². The third kappa shape index (κ3) is 8.50. The second kappa shape index (κ2) is 16.6. The molecule has 0 saturated carbocycles. The first-order valence-corrected chi connectivity index (χ1v) is 17.6. The van der Waals surface area contributed by atoms with Gasteiger partial charge in [-0.2, -0.15) is 9.97 Å². The van der Waals surface area contributed by atoms with Gasteiger partial charge in [0, 0.05) is 47.0 Å². The lowest BCUT2D eigenvalue weighted by Gasteiger charge is -2.26. The van der Waals surface area contributed by atoms with Crippen molar-refractivity contribution in [2.75, 3.05) is 11.4 Å². The van der Waals surface area contributed by atoms with Crippen LogP contribution in [0.25, 0.3) is 33.9 Å². The average molecular weight is 705 g/mol. The molecule has 0 aliphatic carbocycles. The predicted molar refractivity (Wildman–Crippen MR) is 210 cm³/mol. The summed E-state index contributed by atoms with van der Waals surface area (Å²) in [4.78, 5) is 40.2. The van der Waals surface area contributed by atoms with Gasteiger partial charge in [-0.05, 0) is 36.6 Å². The second-order valence-corrected chi connectivity index (χ2v) is 13.0. The number of allylic oxidation sites excluding steroid dienone is 1. The van der Waals surface area contributed by atoms with E-state index in [2.05, 4.69) is 19.9 Å². The predicted octanol–water partition coefficient (Wildman–Crippen LogP) is 11.0. The highest BCUT2D eigenvalue weighted by Gasteiger charge is 2.26. The van der Waals surface area contributed by atoms with Crippen molar-refractivity contribution < 1.29 is 9.85 Å². The quantitative estimate of drug-likeness (QED) is 0.0622. The van der Waals surface area contributed by atoms with Crippen molar-refractivity contribution in [1.29, 1.82) is 0 Å². The molecule has 53 heavy (non-hydrogen) atoms. The number of nitro groups is 2. The third-order valence-corrected chi connectivity index (χ3v) is 9.24. The molecule has 0 saturated heterocycles. The number of aromatic nitrogens is 3. The van der Waals surface area contributed by atoms with E-state index >= 15 is 0 Å². The summed E-state index contributed by atoms with van der Waals surface area (Å²) in [5, 5.41) is 24.0. The number of nitrogens with zero attached hydrogens (tertiary/aromatic N) is 6. The summed E-state index contributed by atoms with van der Waals surface area (Å²) < 4.78 is 0. The van der Waals surface area contributed by atoms with Crippen LogP contribution in [-0.4, -0.2) is 31.3 Å². The van der Waals surface area contributed by atoms with Crippen LogP contribution in [0.2, 0.25) is 0 Å². The largest absolute Gasteiger partial charge is 0.306 e. The average Bonchev–Trinajstić information content (AvgIpc) is 3.19. The van der Waals surface area contributed by atoms with Crippen LogP contribution in [0.3, 0.4) is 0 Å². The van der Waals surface area contributed by atoms with Gasteiger partial charge in [-0.25, -0.2) is 4.98 Å². The maximum absolute atomic E-state index is 12.1. The van der Waals surface area contributed by atoms with Gasteiger partial charge in [0.15, 0.2) is 11.6 Å². The van der Waals surface area contributed by atoms with E-state index in [0.29, 0.717) is 40.8 Å². The number of hydrogen-bond donors (Lipinski definition) is 0. The molecule has 6 rings (SSSR count).